The molecule has 0 aliphatic carbocycles. The van der Waals surface area contributed by atoms with Crippen LogP contribution in [0, 0.1) is 0 Å². The predicted octanol–water partition coefficient (Wildman–Crippen LogP) is 3.20. The lowest BCUT2D eigenvalue weighted by molar-refractivity contribution is 0.0641. The van der Waals surface area contributed by atoms with Gasteiger partial charge in [-0.2, -0.15) is 0 Å². The van der Waals surface area contributed by atoms with Crippen LogP contribution in [0.15, 0.2) is 47.1 Å². The minimum absolute atomic E-state index is 0.0439. The first-order chi connectivity index (χ1) is 12.0. The van der Waals surface area contributed by atoms with E-state index in [0.717, 1.165) is 14.9 Å². The monoisotopic (exact) mass is 398 g/mol. The van der Waals surface area contributed by atoms with Gasteiger partial charge in [-0.15, -0.1) is 0 Å². The number of hydrogen-bond acceptors (Lipinski definition) is 5. The van der Waals surface area contributed by atoms with Crippen LogP contribution >= 0.6 is 15.9 Å². The fraction of sp³-hybridized carbons (Fsp3) is 0.0556. The molecule has 4 rings (SSSR count). The standard InChI is InChI=1S/C18H11BrN2O4/c19-10-5-3-9(4-6-10)8-21-17(24)12-13(18(21)25)16(23)14-11(15(12)22)2-1-7-20-14/h1-7,22-23H,8H2. The third-order valence-electron chi connectivity index (χ3n) is 4.18. The van der Waals surface area contributed by atoms with Crippen LogP contribution in [0.25, 0.3) is 10.9 Å². The highest BCUT2D eigenvalue weighted by Gasteiger charge is 2.41. The van der Waals surface area contributed by atoms with Crippen molar-refractivity contribution in [1.82, 2.24) is 9.88 Å². The number of pyridine rings is 1. The molecule has 6 nitrogen and oxygen atoms in total. The van der Waals surface area contributed by atoms with Gasteiger partial charge < -0.3 is 10.2 Å². The van der Waals surface area contributed by atoms with Gasteiger partial charge in [-0.25, -0.2) is 0 Å². The van der Waals surface area contributed by atoms with E-state index < -0.39 is 11.8 Å². The number of amides is 2. The first-order valence-electron chi connectivity index (χ1n) is 7.42. The molecular weight excluding hydrogens is 388 g/mol. The smallest absolute Gasteiger partial charge is 0.265 e. The SMILES string of the molecule is O=C1c2c(c(O)c3ncccc3c2O)C(=O)N1Cc1ccc(Br)cc1. The molecule has 3 aromatic rings. The summed E-state index contributed by atoms with van der Waals surface area (Å²) in [6, 6.07) is 10.3. The fourth-order valence-corrected chi connectivity index (χ4v) is 3.23. The lowest BCUT2D eigenvalue weighted by atomic mass is 10.0. The van der Waals surface area contributed by atoms with E-state index in [4.69, 9.17) is 0 Å². The molecule has 0 unspecified atom stereocenters. The summed E-state index contributed by atoms with van der Waals surface area (Å²) < 4.78 is 0.881. The van der Waals surface area contributed by atoms with Gasteiger partial charge in [0.2, 0.25) is 0 Å². The Labute approximate surface area is 150 Å². The molecule has 0 saturated heterocycles. The molecule has 1 aromatic heterocycles. The van der Waals surface area contributed by atoms with Gasteiger partial charge in [0.15, 0.2) is 5.75 Å². The van der Waals surface area contributed by atoms with E-state index in [1.807, 2.05) is 0 Å². The van der Waals surface area contributed by atoms with Crippen LogP contribution in [0.1, 0.15) is 26.3 Å². The lowest BCUT2D eigenvalue weighted by Crippen LogP contribution is -2.29. The third kappa shape index (κ3) is 2.27. The minimum atomic E-state index is -0.650. The number of phenolic OH excluding ortho intramolecular Hbond substituents is 2. The van der Waals surface area contributed by atoms with Crippen molar-refractivity contribution >= 4 is 38.6 Å². The number of carbonyl (C=O) groups is 2. The number of rotatable bonds is 2. The van der Waals surface area contributed by atoms with Gasteiger partial charge in [-0.1, -0.05) is 28.1 Å². The van der Waals surface area contributed by atoms with Crippen molar-refractivity contribution in [1.29, 1.82) is 0 Å². The number of halogens is 1. The number of carbonyl (C=O) groups excluding carboxylic acids is 2. The molecule has 1 aliphatic rings. The first kappa shape index (κ1) is 15.6. The average molecular weight is 399 g/mol. The number of aromatic hydroxyl groups is 2. The van der Waals surface area contributed by atoms with Gasteiger partial charge in [-0.05, 0) is 29.8 Å². The first-order valence-corrected chi connectivity index (χ1v) is 8.21. The summed E-state index contributed by atoms with van der Waals surface area (Å²) >= 11 is 3.33. The molecule has 0 radical (unpaired) electrons. The zero-order valence-electron chi connectivity index (χ0n) is 12.7. The van der Waals surface area contributed by atoms with Gasteiger partial charge in [0.1, 0.15) is 16.8 Å². The van der Waals surface area contributed by atoms with E-state index in [2.05, 4.69) is 20.9 Å². The normalized spacial score (nSPS) is 13.6. The summed E-state index contributed by atoms with van der Waals surface area (Å²) in [5.74, 6) is -2.02. The molecule has 124 valence electrons. The Morgan fingerprint density at radius 1 is 0.960 bits per heavy atom. The van der Waals surface area contributed by atoms with E-state index in [9.17, 15) is 19.8 Å². The summed E-state index contributed by atoms with van der Waals surface area (Å²) in [5, 5.41) is 21.1. The van der Waals surface area contributed by atoms with Gasteiger partial charge in [0.05, 0.1) is 12.1 Å². The molecular formula is C18H11BrN2O4. The molecule has 7 heteroatoms. The van der Waals surface area contributed by atoms with E-state index in [1.165, 1.54) is 12.3 Å². The van der Waals surface area contributed by atoms with Crippen molar-refractivity contribution in [2.24, 2.45) is 0 Å². The summed E-state index contributed by atoms with van der Waals surface area (Å²) in [5.41, 5.74) is 0.454. The molecule has 2 amide bonds. The quantitative estimate of drug-likeness (QED) is 0.510. The highest BCUT2D eigenvalue weighted by molar-refractivity contribution is 9.10. The number of benzene rings is 2. The van der Waals surface area contributed by atoms with Crippen molar-refractivity contribution in [3.8, 4) is 11.5 Å². The number of imide groups is 1. The van der Waals surface area contributed by atoms with Crippen LogP contribution in [-0.2, 0) is 6.54 Å². The van der Waals surface area contributed by atoms with E-state index in [1.54, 1.807) is 30.3 Å². The van der Waals surface area contributed by atoms with E-state index in [-0.39, 0.29) is 40.1 Å². The van der Waals surface area contributed by atoms with Crippen LogP contribution in [0.4, 0.5) is 0 Å². The molecule has 0 atom stereocenters. The van der Waals surface area contributed by atoms with Crippen molar-refractivity contribution < 1.29 is 19.8 Å². The number of nitrogens with zero attached hydrogens (tertiary/aromatic N) is 2. The maximum Gasteiger partial charge on any atom is 0.265 e. The molecule has 2 N–H and O–H groups in total. The maximum absolute atomic E-state index is 12.7. The molecule has 1 aliphatic heterocycles. The van der Waals surface area contributed by atoms with Crippen molar-refractivity contribution in [2.45, 2.75) is 6.54 Å². The number of phenols is 2. The van der Waals surface area contributed by atoms with Crippen molar-refractivity contribution in [3.05, 3.63) is 63.8 Å². The molecule has 0 saturated carbocycles. The molecule has 2 aromatic carbocycles. The molecule has 0 spiro atoms. The zero-order valence-corrected chi connectivity index (χ0v) is 14.3. The topological polar surface area (TPSA) is 90.7 Å². The van der Waals surface area contributed by atoms with E-state index in [0.29, 0.717) is 0 Å². The van der Waals surface area contributed by atoms with Crippen LogP contribution in [0.3, 0.4) is 0 Å². The Balaban J connectivity index is 1.84. The Morgan fingerprint density at radius 2 is 1.60 bits per heavy atom. The number of fused-ring (bicyclic) bond motifs is 2. The summed E-state index contributed by atoms with van der Waals surface area (Å²) in [7, 11) is 0. The second-order valence-electron chi connectivity index (χ2n) is 5.67. The summed E-state index contributed by atoms with van der Waals surface area (Å²) in [4.78, 5) is 30.4. The Bertz CT molecular complexity index is 987. The Kier molecular flexibility index (Phi) is 3.47. The van der Waals surface area contributed by atoms with Gasteiger partial charge >= 0.3 is 0 Å². The van der Waals surface area contributed by atoms with Crippen molar-refractivity contribution in [3.63, 3.8) is 0 Å². The number of aromatic nitrogens is 1. The molecule has 2 heterocycles. The Morgan fingerprint density at radius 3 is 2.28 bits per heavy atom. The van der Waals surface area contributed by atoms with Gasteiger partial charge in [-0.3, -0.25) is 19.5 Å². The number of hydrogen-bond donors (Lipinski definition) is 2. The van der Waals surface area contributed by atoms with Gasteiger partial charge in [0.25, 0.3) is 11.8 Å². The van der Waals surface area contributed by atoms with Crippen LogP contribution in [0.5, 0.6) is 11.5 Å². The fourth-order valence-electron chi connectivity index (χ4n) is 2.97. The third-order valence-corrected chi connectivity index (χ3v) is 4.71. The summed E-state index contributed by atoms with van der Waals surface area (Å²) in [6.07, 6.45) is 1.44. The van der Waals surface area contributed by atoms with Gasteiger partial charge in [0, 0.05) is 16.1 Å². The predicted molar refractivity (Wildman–Crippen MR) is 93.4 cm³/mol. The lowest BCUT2D eigenvalue weighted by Gasteiger charge is -2.13. The second-order valence-corrected chi connectivity index (χ2v) is 6.59. The van der Waals surface area contributed by atoms with Crippen LogP contribution < -0.4 is 0 Å². The molecule has 0 bridgehead atoms. The maximum atomic E-state index is 12.7. The highest BCUT2D eigenvalue weighted by atomic mass is 79.9. The van der Waals surface area contributed by atoms with Crippen molar-refractivity contribution in [2.75, 3.05) is 0 Å². The highest BCUT2D eigenvalue weighted by Crippen LogP contribution is 2.43. The van der Waals surface area contributed by atoms with E-state index >= 15 is 0 Å². The largest absolute Gasteiger partial charge is 0.506 e. The average Bonchev–Trinajstić information content (AvgIpc) is 2.86. The Hall–Kier alpha value is -2.93. The summed E-state index contributed by atoms with van der Waals surface area (Å²) in [6.45, 7) is 0.0439. The second kappa shape index (κ2) is 5.56. The molecule has 25 heavy (non-hydrogen) atoms. The van der Waals surface area contributed by atoms with Crippen LogP contribution in [0.2, 0.25) is 0 Å². The van der Waals surface area contributed by atoms with Crippen LogP contribution in [-0.4, -0.2) is 31.9 Å². The molecule has 0 fully saturated rings. The minimum Gasteiger partial charge on any atom is -0.506 e. The zero-order chi connectivity index (χ0) is 17.7.